The van der Waals surface area contributed by atoms with E-state index in [-0.39, 0.29) is 5.69 Å². The van der Waals surface area contributed by atoms with Gasteiger partial charge in [-0.15, -0.1) is 0 Å². The Bertz CT molecular complexity index is 584. The predicted molar refractivity (Wildman–Crippen MR) is 74.3 cm³/mol. The highest BCUT2D eigenvalue weighted by Crippen LogP contribution is 2.28. The Morgan fingerprint density at radius 2 is 2.11 bits per heavy atom. The molecule has 18 heavy (non-hydrogen) atoms. The van der Waals surface area contributed by atoms with Crippen molar-refractivity contribution in [1.29, 1.82) is 0 Å². The Kier molecular flexibility index (Phi) is 3.99. The lowest BCUT2D eigenvalue weighted by atomic mass is 10.0. The molecule has 1 aromatic carbocycles. The molecule has 5 heteroatoms. The highest BCUT2D eigenvalue weighted by atomic mass is 79.9. The number of halogens is 2. The molecule has 0 saturated heterocycles. The topological polar surface area (TPSA) is 50.2 Å². The normalized spacial score (nSPS) is 10.3. The van der Waals surface area contributed by atoms with Crippen LogP contribution in [-0.2, 0) is 5.33 Å². The standard InChI is InChI=1S/C13H9BrClNO2/c14-6-8-1-3-10(15)5-11(8)9-2-4-12(13(17)18)16-7-9/h1-5,7H,6H2,(H,17,18). The lowest BCUT2D eigenvalue weighted by Crippen LogP contribution is -1.99. The lowest BCUT2D eigenvalue weighted by molar-refractivity contribution is 0.0690. The number of hydrogen-bond donors (Lipinski definition) is 1. The maximum atomic E-state index is 10.7. The van der Waals surface area contributed by atoms with Crippen LogP contribution in [0.4, 0.5) is 0 Å². The Morgan fingerprint density at radius 1 is 1.33 bits per heavy atom. The number of carboxylic acids is 1. The molecule has 0 amide bonds. The van der Waals surface area contributed by atoms with Crippen LogP contribution in [0.2, 0.25) is 5.02 Å². The van der Waals surface area contributed by atoms with Gasteiger partial charge in [-0.25, -0.2) is 9.78 Å². The van der Waals surface area contributed by atoms with Gasteiger partial charge in [-0.1, -0.05) is 39.7 Å². The molecule has 0 fully saturated rings. The molecule has 92 valence electrons. The van der Waals surface area contributed by atoms with Crippen molar-refractivity contribution >= 4 is 33.5 Å². The number of carbonyl (C=O) groups is 1. The van der Waals surface area contributed by atoms with Crippen LogP contribution in [0.25, 0.3) is 11.1 Å². The molecule has 1 aromatic heterocycles. The molecule has 2 aromatic rings. The van der Waals surface area contributed by atoms with Gasteiger partial charge in [-0.2, -0.15) is 0 Å². The molecular formula is C13H9BrClNO2. The monoisotopic (exact) mass is 325 g/mol. The first kappa shape index (κ1) is 13.1. The first-order valence-electron chi connectivity index (χ1n) is 5.16. The summed E-state index contributed by atoms with van der Waals surface area (Å²) in [4.78, 5) is 14.6. The van der Waals surface area contributed by atoms with Gasteiger partial charge >= 0.3 is 5.97 Å². The zero-order chi connectivity index (χ0) is 13.1. The van der Waals surface area contributed by atoms with Gasteiger partial charge < -0.3 is 5.11 Å². The zero-order valence-corrected chi connectivity index (χ0v) is 11.6. The van der Waals surface area contributed by atoms with Gasteiger partial charge in [0.25, 0.3) is 0 Å². The number of aromatic nitrogens is 1. The molecule has 0 radical (unpaired) electrons. The van der Waals surface area contributed by atoms with Crippen molar-refractivity contribution < 1.29 is 9.90 Å². The number of aromatic carboxylic acids is 1. The van der Waals surface area contributed by atoms with E-state index in [0.717, 1.165) is 16.7 Å². The van der Waals surface area contributed by atoms with Crippen LogP contribution in [-0.4, -0.2) is 16.1 Å². The van der Waals surface area contributed by atoms with Crippen molar-refractivity contribution in [3.63, 3.8) is 0 Å². The summed E-state index contributed by atoms with van der Waals surface area (Å²) in [6.45, 7) is 0. The minimum atomic E-state index is -1.03. The second-order valence-corrected chi connectivity index (χ2v) is 4.67. The molecule has 2 rings (SSSR count). The van der Waals surface area contributed by atoms with Crippen molar-refractivity contribution in [1.82, 2.24) is 4.98 Å². The third-order valence-corrected chi connectivity index (χ3v) is 3.35. The van der Waals surface area contributed by atoms with E-state index in [1.54, 1.807) is 12.3 Å². The molecule has 0 atom stereocenters. The van der Waals surface area contributed by atoms with Crippen LogP contribution in [0.3, 0.4) is 0 Å². The second-order valence-electron chi connectivity index (χ2n) is 3.67. The second kappa shape index (κ2) is 5.50. The van der Waals surface area contributed by atoms with Crippen molar-refractivity contribution in [3.8, 4) is 11.1 Å². The maximum Gasteiger partial charge on any atom is 0.354 e. The first-order valence-corrected chi connectivity index (χ1v) is 6.66. The Labute approximate surface area is 118 Å². The molecule has 1 N–H and O–H groups in total. The minimum absolute atomic E-state index is 0.0289. The molecule has 0 unspecified atom stereocenters. The molecule has 0 aliphatic carbocycles. The number of alkyl halides is 1. The Morgan fingerprint density at radius 3 is 2.67 bits per heavy atom. The summed E-state index contributed by atoms with van der Waals surface area (Å²) in [6, 6.07) is 8.80. The molecule has 1 heterocycles. The molecule has 0 spiro atoms. The quantitative estimate of drug-likeness (QED) is 0.868. The summed E-state index contributed by atoms with van der Waals surface area (Å²) in [6.07, 6.45) is 1.54. The summed E-state index contributed by atoms with van der Waals surface area (Å²) in [5.41, 5.74) is 2.89. The summed E-state index contributed by atoms with van der Waals surface area (Å²) < 4.78 is 0. The summed E-state index contributed by atoms with van der Waals surface area (Å²) >= 11 is 9.39. The Balaban J connectivity index is 2.48. The van der Waals surface area contributed by atoms with Crippen molar-refractivity contribution in [2.24, 2.45) is 0 Å². The third kappa shape index (κ3) is 2.71. The van der Waals surface area contributed by atoms with E-state index >= 15 is 0 Å². The number of pyridine rings is 1. The maximum absolute atomic E-state index is 10.7. The van der Waals surface area contributed by atoms with Gasteiger partial charge in [0, 0.05) is 22.1 Å². The summed E-state index contributed by atoms with van der Waals surface area (Å²) in [7, 11) is 0. The molecule has 0 aliphatic rings. The van der Waals surface area contributed by atoms with E-state index < -0.39 is 5.97 Å². The lowest BCUT2D eigenvalue weighted by Gasteiger charge is -2.08. The minimum Gasteiger partial charge on any atom is -0.477 e. The van der Waals surface area contributed by atoms with Gasteiger partial charge in [0.1, 0.15) is 5.69 Å². The van der Waals surface area contributed by atoms with Gasteiger partial charge in [0.15, 0.2) is 0 Å². The first-order chi connectivity index (χ1) is 8.61. The summed E-state index contributed by atoms with van der Waals surface area (Å²) in [5.74, 6) is -1.03. The van der Waals surface area contributed by atoms with E-state index in [1.807, 2.05) is 18.2 Å². The fourth-order valence-electron chi connectivity index (χ4n) is 1.61. The molecular weight excluding hydrogens is 318 g/mol. The Hall–Kier alpha value is -1.39. The van der Waals surface area contributed by atoms with E-state index in [0.29, 0.717) is 10.4 Å². The fourth-order valence-corrected chi connectivity index (χ4v) is 2.27. The van der Waals surface area contributed by atoms with Crippen molar-refractivity contribution in [2.75, 3.05) is 0 Å². The largest absolute Gasteiger partial charge is 0.477 e. The molecule has 3 nitrogen and oxygen atoms in total. The smallest absolute Gasteiger partial charge is 0.354 e. The number of nitrogens with zero attached hydrogens (tertiary/aromatic N) is 1. The highest BCUT2D eigenvalue weighted by Gasteiger charge is 2.08. The van der Waals surface area contributed by atoms with Crippen LogP contribution in [0.15, 0.2) is 36.5 Å². The zero-order valence-electron chi connectivity index (χ0n) is 9.23. The van der Waals surface area contributed by atoms with Gasteiger partial charge in [0.05, 0.1) is 0 Å². The number of rotatable bonds is 3. The number of benzene rings is 1. The van der Waals surface area contributed by atoms with Crippen LogP contribution >= 0.6 is 27.5 Å². The molecule has 0 aliphatic heterocycles. The van der Waals surface area contributed by atoms with Crippen LogP contribution in [0.5, 0.6) is 0 Å². The van der Waals surface area contributed by atoms with Gasteiger partial charge in [-0.05, 0) is 29.3 Å². The fraction of sp³-hybridized carbons (Fsp3) is 0.0769. The highest BCUT2D eigenvalue weighted by molar-refractivity contribution is 9.08. The van der Waals surface area contributed by atoms with E-state index in [4.69, 9.17) is 16.7 Å². The van der Waals surface area contributed by atoms with E-state index in [9.17, 15) is 4.79 Å². The molecule has 0 saturated carbocycles. The van der Waals surface area contributed by atoms with Crippen molar-refractivity contribution in [2.45, 2.75) is 5.33 Å². The SMILES string of the molecule is O=C(O)c1ccc(-c2cc(Cl)ccc2CBr)cn1. The predicted octanol–water partition coefficient (Wildman–Crippen LogP) is 4.00. The van der Waals surface area contributed by atoms with Gasteiger partial charge in [0.2, 0.25) is 0 Å². The average molecular weight is 327 g/mol. The van der Waals surface area contributed by atoms with E-state index in [2.05, 4.69) is 20.9 Å². The van der Waals surface area contributed by atoms with Crippen LogP contribution in [0.1, 0.15) is 16.1 Å². The van der Waals surface area contributed by atoms with Crippen LogP contribution < -0.4 is 0 Å². The molecule has 0 bridgehead atoms. The average Bonchev–Trinajstić information content (AvgIpc) is 2.39. The van der Waals surface area contributed by atoms with Crippen LogP contribution in [0, 0.1) is 0 Å². The van der Waals surface area contributed by atoms with Crippen molar-refractivity contribution in [3.05, 3.63) is 52.8 Å². The van der Waals surface area contributed by atoms with Gasteiger partial charge in [-0.3, -0.25) is 0 Å². The summed E-state index contributed by atoms with van der Waals surface area (Å²) in [5, 5.41) is 10.1. The number of carboxylic acid groups (broad SMARTS) is 1. The van der Waals surface area contributed by atoms with E-state index in [1.165, 1.54) is 6.07 Å². The third-order valence-electron chi connectivity index (χ3n) is 2.51. The number of hydrogen-bond acceptors (Lipinski definition) is 2.